The first-order valence-electron chi connectivity index (χ1n) is 12.0. The van der Waals surface area contributed by atoms with E-state index in [0.29, 0.717) is 0 Å². The van der Waals surface area contributed by atoms with Crippen molar-refractivity contribution < 1.29 is 4.79 Å². The molecule has 4 nitrogen and oxygen atoms in total. The van der Waals surface area contributed by atoms with Crippen molar-refractivity contribution in [3.63, 3.8) is 0 Å². The van der Waals surface area contributed by atoms with Crippen LogP contribution in [0.3, 0.4) is 0 Å². The lowest BCUT2D eigenvalue weighted by Crippen LogP contribution is -2.28. The lowest BCUT2D eigenvalue weighted by molar-refractivity contribution is 0.0941. The second-order valence-electron chi connectivity index (χ2n) is 8.46. The van der Waals surface area contributed by atoms with Gasteiger partial charge in [-0.2, -0.15) is 0 Å². The number of imidazole rings is 1. The number of fused-ring (bicyclic) bond motifs is 1. The van der Waals surface area contributed by atoms with E-state index in [-0.39, 0.29) is 11.9 Å². The van der Waals surface area contributed by atoms with Crippen molar-refractivity contribution in [2.24, 2.45) is 0 Å². The number of nitrogens with one attached hydrogen (secondary N) is 1. The highest BCUT2D eigenvalue weighted by Gasteiger charge is 2.19. The SMILES string of the molecule is CCCCCCCCCCCCn1c(C(C)NC(=O)c2cccs2)nc2ccccc21. The Morgan fingerprint density at radius 1 is 0.968 bits per heavy atom. The fourth-order valence-electron chi connectivity index (χ4n) is 4.16. The minimum absolute atomic E-state index is 0.0277. The maximum atomic E-state index is 12.5. The van der Waals surface area contributed by atoms with Gasteiger partial charge in [0.1, 0.15) is 5.82 Å². The molecule has 1 atom stereocenters. The van der Waals surface area contributed by atoms with Crippen LogP contribution in [0.4, 0.5) is 0 Å². The van der Waals surface area contributed by atoms with Crippen LogP contribution in [-0.4, -0.2) is 15.5 Å². The van der Waals surface area contributed by atoms with Gasteiger partial charge in [0.2, 0.25) is 0 Å². The molecule has 3 aromatic rings. The Hall–Kier alpha value is -2.14. The number of carbonyl (C=O) groups excluding carboxylic acids is 1. The topological polar surface area (TPSA) is 46.9 Å². The Balaban J connectivity index is 1.52. The Bertz CT molecular complexity index is 916. The molecular weight excluding hydrogens is 402 g/mol. The summed E-state index contributed by atoms with van der Waals surface area (Å²) < 4.78 is 2.31. The number of unbranched alkanes of at least 4 members (excludes halogenated alkanes) is 9. The predicted octanol–water partition coefficient (Wildman–Crippen LogP) is 7.51. The van der Waals surface area contributed by atoms with Crippen molar-refractivity contribution in [2.45, 2.75) is 90.6 Å². The number of hydrogen-bond donors (Lipinski definition) is 1. The van der Waals surface area contributed by atoms with Gasteiger partial charge in [-0.25, -0.2) is 4.98 Å². The van der Waals surface area contributed by atoms with Gasteiger partial charge in [-0.05, 0) is 36.9 Å². The Morgan fingerprint density at radius 2 is 1.65 bits per heavy atom. The van der Waals surface area contributed by atoms with E-state index < -0.39 is 0 Å². The lowest BCUT2D eigenvalue weighted by atomic mass is 10.1. The number of nitrogens with zero attached hydrogens (tertiary/aromatic N) is 2. The zero-order valence-electron chi connectivity index (χ0n) is 19.1. The molecule has 0 bridgehead atoms. The van der Waals surface area contributed by atoms with Gasteiger partial charge < -0.3 is 9.88 Å². The Morgan fingerprint density at radius 3 is 2.32 bits per heavy atom. The number of benzene rings is 1. The number of carbonyl (C=O) groups is 1. The minimum atomic E-state index is -0.134. The first kappa shape index (κ1) is 23.5. The second kappa shape index (κ2) is 12.7. The maximum absolute atomic E-state index is 12.5. The van der Waals surface area contributed by atoms with E-state index in [9.17, 15) is 4.79 Å². The molecule has 0 aliphatic heterocycles. The molecule has 2 aromatic heterocycles. The van der Waals surface area contributed by atoms with Crippen LogP contribution in [0.15, 0.2) is 41.8 Å². The van der Waals surface area contributed by atoms with Crippen molar-refractivity contribution >= 4 is 28.3 Å². The van der Waals surface area contributed by atoms with Crippen LogP contribution in [0.5, 0.6) is 0 Å². The predicted molar refractivity (Wildman–Crippen MR) is 132 cm³/mol. The summed E-state index contributed by atoms with van der Waals surface area (Å²) >= 11 is 1.47. The zero-order chi connectivity index (χ0) is 21.9. The van der Waals surface area contributed by atoms with Crippen LogP contribution in [0.25, 0.3) is 11.0 Å². The zero-order valence-corrected chi connectivity index (χ0v) is 19.9. The summed E-state index contributed by atoms with van der Waals surface area (Å²) in [7, 11) is 0. The van der Waals surface area contributed by atoms with Crippen molar-refractivity contribution in [2.75, 3.05) is 0 Å². The molecule has 0 spiro atoms. The van der Waals surface area contributed by atoms with E-state index in [1.54, 1.807) is 0 Å². The first-order valence-corrected chi connectivity index (χ1v) is 12.9. The van der Waals surface area contributed by atoms with Gasteiger partial charge in [0.15, 0.2) is 0 Å². The summed E-state index contributed by atoms with van der Waals surface area (Å²) in [5.74, 6) is 0.919. The number of amides is 1. The monoisotopic (exact) mass is 439 g/mol. The van der Waals surface area contributed by atoms with E-state index in [2.05, 4.69) is 35.0 Å². The van der Waals surface area contributed by atoms with Gasteiger partial charge in [-0.3, -0.25) is 4.79 Å². The molecule has 2 heterocycles. The summed E-state index contributed by atoms with van der Waals surface area (Å²) in [6.07, 6.45) is 13.3. The molecule has 1 aromatic carbocycles. The number of aryl methyl sites for hydroxylation is 1. The molecule has 0 aliphatic carbocycles. The van der Waals surface area contributed by atoms with E-state index in [4.69, 9.17) is 4.98 Å². The summed E-state index contributed by atoms with van der Waals surface area (Å²) in [6, 6.07) is 11.9. The van der Waals surface area contributed by atoms with Crippen molar-refractivity contribution in [3.8, 4) is 0 Å². The van der Waals surface area contributed by atoms with Gasteiger partial charge in [-0.1, -0.05) is 82.9 Å². The van der Waals surface area contributed by atoms with Crippen LogP contribution in [0.1, 0.15) is 99.6 Å². The molecule has 0 saturated carbocycles. The maximum Gasteiger partial charge on any atom is 0.261 e. The largest absolute Gasteiger partial charge is 0.342 e. The first-order chi connectivity index (χ1) is 15.2. The van der Waals surface area contributed by atoms with E-state index in [0.717, 1.165) is 34.7 Å². The number of para-hydroxylation sites is 2. The number of thiophene rings is 1. The average molecular weight is 440 g/mol. The summed E-state index contributed by atoms with van der Waals surface area (Å²) in [4.78, 5) is 18.1. The van der Waals surface area contributed by atoms with Crippen molar-refractivity contribution in [3.05, 3.63) is 52.5 Å². The van der Waals surface area contributed by atoms with E-state index in [1.165, 1.54) is 69.1 Å². The van der Waals surface area contributed by atoms with Crippen molar-refractivity contribution in [1.82, 2.24) is 14.9 Å². The lowest BCUT2D eigenvalue weighted by Gasteiger charge is -2.16. The summed E-state index contributed by atoms with van der Waals surface area (Å²) in [5.41, 5.74) is 2.16. The minimum Gasteiger partial charge on any atom is -0.342 e. The average Bonchev–Trinajstić information content (AvgIpc) is 3.43. The molecule has 1 amide bonds. The van der Waals surface area contributed by atoms with Crippen LogP contribution < -0.4 is 5.32 Å². The van der Waals surface area contributed by atoms with Crippen molar-refractivity contribution in [1.29, 1.82) is 0 Å². The van der Waals surface area contributed by atoms with Crippen LogP contribution in [0, 0.1) is 0 Å². The molecule has 168 valence electrons. The van der Waals surface area contributed by atoms with Crippen LogP contribution in [-0.2, 0) is 6.54 Å². The van der Waals surface area contributed by atoms with Gasteiger partial charge in [-0.15, -0.1) is 11.3 Å². The number of aromatic nitrogens is 2. The third-order valence-electron chi connectivity index (χ3n) is 5.90. The number of rotatable bonds is 14. The normalized spacial score (nSPS) is 12.3. The third kappa shape index (κ3) is 6.93. The molecule has 1 N–H and O–H groups in total. The molecule has 3 rings (SSSR count). The molecule has 1 unspecified atom stereocenters. The summed E-state index contributed by atoms with van der Waals surface area (Å²) in [5, 5.41) is 5.06. The molecule has 0 aliphatic rings. The molecule has 31 heavy (non-hydrogen) atoms. The highest BCUT2D eigenvalue weighted by atomic mass is 32.1. The van der Waals surface area contributed by atoms with Gasteiger partial charge in [0.05, 0.1) is 22.0 Å². The van der Waals surface area contributed by atoms with Gasteiger partial charge >= 0.3 is 0 Å². The highest BCUT2D eigenvalue weighted by Crippen LogP contribution is 2.23. The van der Waals surface area contributed by atoms with Gasteiger partial charge in [0.25, 0.3) is 5.91 Å². The highest BCUT2D eigenvalue weighted by molar-refractivity contribution is 7.12. The van der Waals surface area contributed by atoms with E-state index in [1.807, 2.05) is 30.5 Å². The molecule has 0 fully saturated rings. The molecule has 5 heteroatoms. The molecule has 0 saturated heterocycles. The Kier molecular flexibility index (Phi) is 9.60. The van der Waals surface area contributed by atoms with E-state index >= 15 is 0 Å². The standard InChI is InChI=1S/C26H37N3OS/c1-3-4-5-6-7-8-9-10-11-14-19-29-23-17-13-12-16-22(23)28-25(29)21(2)27-26(30)24-18-15-20-31-24/h12-13,15-18,20-21H,3-11,14,19H2,1-2H3,(H,27,30). The fourth-order valence-corrected chi connectivity index (χ4v) is 4.78. The second-order valence-corrected chi connectivity index (χ2v) is 9.41. The third-order valence-corrected chi connectivity index (χ3v) is 6.77. The quantitative estimate of drug-likeness (QED) is 0.264. The molecular formula is C26H37N3OS. The smallest absolute Gasteiger partial charge is 0.261 e. The fraction of sp³-hybridized carbons (Fsp3) is 0.538. The van der Waals surface area contributed by atoms with Crippen LogP contribution in [0.2, 0.25) is 0 Å². The molecule has 0 radical (unpaired) electrons. The summed E-state index contributed by atoms with van der Waals surface area (Å²) in [6.45, 7) is 5.25. The van der Waals surface area contributed by atoms with Gasteiger partial charge in [0, 0.05) is 6.54 Å². The number of hydrogen-bond acceptors (Lipinski definition) is 3. The Labute approximate surface area is 191 Å². The van der Waals surface area contributed by atoms with Crippen LogP contribution >= 0.6 is 11.3 Å².